The number of carbonyl (C=O) groups is 1. The van der Waals surface area contributed by atoms with Crippen LogP contribution in [-0.2, 0) is 17.9 Å². The lowest BCUT2D eigenvalue weighted by Gasteiger charge is -2.37. The summed E-state index contributed by atoms with van der Waals surface area (Å²) in [5, 5.41) is 3.82. The molecule has 2 aromatic rings. The molecule has 6 heteroatoms. The van der Waals surface area contributed by atoms with E-state index in [1.165, 1.54) is 5.56 Å². The fourth-order valence-electron chi connectivity index (χ4n) is 3.45. The maximum absolute atomic E-state index is 12.5. The first kappa shape index (κ1) is 20.6. The van der Waals surface area contributed by atoms with Gasteiger partial charge in [-0.15, -0.1) is 0 Å². The molecular formula is C22H28ClN3O2. The molecule has 0 bridgehead atoms. The molecule has 0 unspecified atom stereocenters. The Hall–Kier alpha value is -2.08. The molecule has 1 aliphatic rings. The highest BCUT2D eigenvalue weighted by Crippen LogP contribution is 2.15. The predicted molar refractivity (Wildman–Crippen MR) is 113 cm³/mol. The SMILES string of the molecule is COc1ccc(CNC(=O)[C@H](C)N2CCN(Cc3cccc(Cl)c3)CC2)cc1. The lowest BCUT2D eigenvalue weighted by molar-refractivity contribution is -0.126. The maximum Gasteiger partial charge on any atom is 0.237 e. The van der Waals surface area contributed by atoms with Crippen molar-refractivity contribution in [1.82, 2.24) is 15.1 Å². The van der Waals surface area contributed by atoms with Crippen LogP contribution in [0.15, 0.2) is 48.5 Å². The predicted octanol–water partition coefficient (Wildman–Crippen LogP) is 3.17. The highest BCUT2D eigenvalue weighted by molar-refractivity contribution is 6.30. The van der Waals surface area contributed by atoms with Crippen LogP contribution in [0.3, 0.4) is 0 Å². The molecule has 1 N–H and O–H groups in total. The van der Waals surface area contributed by atoms with E-state index in [1.54, 1.807) is 7.11 Å². The average molecular weight is 402 g/mol. The van der Waals surface area contributed by atoms with Gasteiger partial charge >= 0.3 is 0 Å². The first-order valence-electron chi connectivity index (χ1n) is 9.66. The molecule has 1 fully saturated rings. The molecule has 1 aliphatic heterocycles. The molecule has 1 saturated heterocycles. The van der Waals surface area contributed by atoms with Gasteiger partial charge < -0.3 is 10.1 Å². The number of nitrogens with zero attached hydrogens (tertiary/aromatic N) is 2. The molecular weight excluding hydrogens is 374 g/mol. The van der Waals surface area contributed by atoms with Crippen LogP contribution in [0.5, 0.6) is 5.75 Å². The maximum atomic E-state index is 12.5. The Kier molecular flexibility index (Phi) is 7.31. The summed E-state index contributed by atoms with van der Waals surface area (Å²) >= 11 is 6.07. The molecule has 0 spiro atoms. The van der Waals surface area contributed by atoms with Crippen molar-refractivity contribution in [2.75, 3.05) is 33.3 Å². The number of amides is 1. The number of benzene rings is 2. The molecule has 5 nitrogen and oxygen atoms in total. The van der Waals surface area contributed by atoms with Gasteiger partial charge in [0.25, 0.3) is 0 Å². The van der Waals surface area contributed by atoms with E-state index in [1.807, 2.05) is 49.4 Å². The van der Waals surface area contributed by atoms with Crippen molar-refractivity contribution < 1.29 is 9.53 Å². The van der Waals surface area contributed by atoms with E-state index in [-0.39, 0.29) is 11.9 Å². The molecule has 2 aromatic carbocycles. The number of rotatable bonds is 7. The van der Waals surface area contributed by atoms with Gasteiger partial charge in [0.2, 0.25) is 5.91 Å². The first-order chi connectivity index (χ1) is 13.5. The van der Waals surface area contributed by atoms with Gasteiger partial charge in [-0.05, 0) is 42.3 Å². The summed E-state index contributed by atoms with van der Waals surface area (Å²) < 4.78 is 5.16. The highest BCUT2D eigenvalue weighted by atomic mass is 35.5. The average Bonchev–Trinajstić information content (AvgIpc) is 2.72. The van der Waals surface area contributed by atoms with Crippen molar-refractivity contribution in [3.63, 3.8) is 0 Å². The zero-order valence-electron chi connectivity index (χ0n) is 16.5. The summed E-state index contributed by atoms with van der Waals surface area (Å²) in [6.45, 7) is 7.07. The Balaban J connectivity index is 1.43. The molecule has 150 valence electrons. The molecule has 3 rings (SSSR count). The molecule has 0 saturated carbocycles. The van der Waals surface area contributed by atoms with E-state index in [0.29, 0.717) is 6.54 Å². The van der Waals surface area contributed by atoms with E-state index in [2.05, 4.69) is 21.2 Å². The summed E-state index contributed by atoms with van der Waals surface area (Å²) in [5.74, 6) is 0.887. The van der Waals surface area contributed by atoms with Gasteiger partial charge in [-0.2, -0.15) is 0 Å². The number of halogens is 1. The van der Waals surface area contributed by atoms with Crippen LogP contribution in [0.4, 0.5) is 0 Å². The Morgan fingerprint density at radius 2 is 1.82 bits per heavy atom. The number of ether oxygens (including phenoxy) is 1. The van der Waals surface area contributed by atoms with E-state index in [0.717, 1.165) is 49.1 Å². The number of methoxy groups -OCH3 is 1. The molecule has 0 aliphatic carbocycles. The van der Waals surface area contributed by atoms with Crippen LogP contribution in [0.25, 0.3) is 0 Å². The third-order valence-corrected chi connectivity index (χ3v) is 5.49. The normalized spacial score (nSPS) is 16.5. The Morgan fingerprint density at radius 1 is 1.11 bits per heavy atom. The van der Waals surface area contributed by atoms with Crippen LogP contribution >= 0.6 is 11.6 Å². The Bertz CT molecular complexity index is 774. The van der Waals surface area contributed by atoms with Crippen LogP contribution in [-0.4, -0.2) is 55.0 Å². The van der Waals surface area contributed by atoms with Crippen LogP contribution < -0.4 is 10.1 Å². The van der Waals surface area contributed by atoms with Crippen molar-refractivity contribution in [1.29, 1.82) is 0 Å². The Labute approximate surface area is 172 Å². The lowest BCUT2D eigenvalue weighted by atomic mass is 10.1. The minimum absolute atomic E-state index is 0.0686. The van der Waals surface area contributed by atoms with Crippen molar-refractivity contribution in [2.45, 2.75) is 26.1 Å². The van der Waals surface area contributed by atoms with Crippen LogP contribution in [0.1, 0.15) is 18.1 Å². The fourth-order valence-corrected chi connectivity index (χ4v) is 3.66. The largest absolute Gasteiger partial charge is 0.497 e. The van der Waals surface area contributed by atoms with Crippen molar-refractivity contribution in [3.8, 4) is 5.75 Å². The van der Waals surface area contributed by atoms with E-state index in [4.69, 9.17) is 16.3 Å². The minimum atomic E-state index is -0.133. The second kappa shape index (κ2) is 9.92. The van der Waals surface area contributed by atoms with Crippen molar-refractivity contribution in [3.05, 3.63) is 64.7 Å². The lowest BCUT2D eigenvalue weighted by Crippen LogP contribution is -2.53. The number of piperazine rings is 1. The summed E-state index contributed by atoms with van der Waals surface area (Å²) in [6, 6.07) is 15.6. The van der Waals surface area contributed by atoms with Gasteiger partial charge in [0.05, 0.1) is 13.2 Å². The zero-order valence-corrected chi connectivity index (χ0v) is 17.3. The van der Waals surface area contributed by atoms with Crippen molar-refractivity contribution >= 4 is 17.5 Å². The highest BCUT2D eigenvalue weighted by Gasteiger charge is 2.25. The topological polar surface area (TPSA) is 44.8 Å². The monoisotopic (exact) mass is 401 g/mol. The van der Waals surface area contributed by atoms with E-state index in [9.17, 15) is 4.79 Å². The minimum Gasteiger partial charge on any atom is -0.497 e. The van der Waals surface area contributed by atoms with Gasteiger partial charge in [0, 0.05) is 44.3 Å². The second-order valence-electron chi connectivity index (χ2n) is 7.18. The summed E-state index contributed by atoms with van der Waals surface area (Å²) in [7, 11) is 1.65. The van der Waals surface area contributed by atoms with Gasteiger partial charge in [0.1, 0.15) is 5.75 Å². The molecule has 0 radical (unpaired) electrons. The molecule has 1 amide bonds. The van der Waals surface area contributed by atoms with E-state index < -0.39 is 0 Å². The summed E-state index contributed by atoms with van der Waals surface area (Å²) in [6.07, 6.45) is 0. The fraction of sp³-hybridized carbons (Fsp3) is 0.409. The quantitative estimate of drug-likeness (QED) is 0.774. The molecule has 28 heavy (non-hydrogen) atoms. The smallest absolute Gasteiger partial charge is 0.237 e. The van der Waals surface area contributed by atoms with Crippen molar-refractivity contribution in [2.24, 2.45) is 0 Å². The summed E-state index contributed by atoms with van der Waals surface area (Å²) in [4.78, 5) is 17.2. The second-order valence-corrected chi connectivity index (χ2v) is 7.62. The number of nitrogens with one attached hydrogen (secondary N) is 1. The molecule has 0 aromatic heterocycles. The van der Waals surface area contributed by atoms with Gasteiger partial charge in [-0.25, -0.2) is 0 Å². The van der Waals surface area contributed by atoms with Gasteiger partial charge in [-0.1, -0.05) is 35.9 Å². The van der Waals surface area contributed by atoms with Crippen LogP contribution in [0, 0.1) is 0 Å². The zero-order chi connectivity index (χ0) is 19.9. The third-order valence-electron chi connectivity index (χ3n) is 5.26. The summed E-state index contributed by atoms with van der Waals surface area (Å²) in [5.41, 5.74) is 2.29. The number of hydrogen-bond acceptors (Lipinski definition) is 4. The number of carbonyl (C=O) groups excluding carboxylic acids is 1. The number of hydrogen-bond donors (Lipinski definition) is 1. The molecule has 1 heterocycles. The molecule has 1 atom stereocenters. The van der Waals surface area contributed by atoms with Gasteiger partial charge in [-0.3, -0.25) is 14.6 Å². The van der Waals surface area contributed by atoms with Gasteiger partial charge in [0.15, 0.2) is 0 Å². The Morgan fingerprint density at radius 3 is 2.46 bits per heavy atom. The van der Waals surface area contributed by atoms with E-state index >= 15 is 0 Å². The third kappa shape index (κ3) is 5.71. The van der Waals surface area contributed by atoms with Crippen LogP contribution in [0.2, 0.25) is 5.02 Å². The standard InChI is InChI=1S/C22H28ClN3O2/c1-17(22(27)24-15-18-6-8-21(28-2)9-7-18)26-12-10-25(11-13-26)16-19-4-3-5-20(23)14-19/h3-9,14,17H,10-13,15-16H2,1-2H3,(H,24,27)/t17-/m0/s1. The first-order valence-corrected chi connectivity index (χ1v) is 10.0.